The van der Waals surface area contributed by atoms with Crippen molar-refractivity contribution in [2.24, 2.45) is 0 Å². The van der Waals surface area contributed by atoms with Crippen molar-refractivity contribution in [1.29, 1.82) is 0 Å². The Morgan fingerprint density at radius 2 is 2.00 bits per heavy atom. The van der Waals surface area contributed by atoms with Gasteiger partial charge in [0.05, 0.1) is 19.2 Å². The van der Waals surface area contributed by atoms with Gasteiger partial charge >= 0.3 is 12.1 Å². The van der Waals surface area contributed by atoms with Gasteiger partial charge in [-0.1, -0.05) is 18.7 Å². The molecule has 23 heavy (non-hydrogen) atoms. The first-order valence-electron chi connectivity index (χ1n) is 7.21. The zero-order chi connectivity index (χ0) is 17.5. The van der Waals surface area contributed by atoms with Crippen molar-refractivity contribution in [3.63, 3.8) is 0 Å². The van der Waals surface area contributed by atoms with E-state index in [4.69, 9.17) is 9.47 Å². The highest BCUT2D eigenvalue weighted by molar-refractivity contribution is 5.90. The summed E-state index contributed by atoms with van der Waals surface area (Å²) in [6.07, 6.45) is 1.12. The summed E-state index contributed by atoms with van der Waals surface area (Å²) in [6, 6.07) is 4.93. The zero-order valence-electron chi connectivity index (χ0n) is 14.0. The molecule has 6 heteroatoms. The predicted molar refractivity (Wildman–Crippen MR) is 87.6 cm³/mol. The van der Waals surface area contributed by atoms with Gasteiger partial charge in [-0.05, 0) is 32.9 Å². The van der Waals surface area contributed by atoms with Gasteiger partial charge in [0.15, 0.2) is 0 Å². The second-order valence-electron chi connectivity index (χ2n) is 5.73. The van der Waals surface area contributed by atoms with Gasteiger partial charge in [0.25, 0.3) is 0 Å². The van der Waals surface area contributed by atoms with Crippen molar-refractivity contribution < 1.29 is 23.8 Å². The van der Waals surface area contributed by atoms with E-state index in [1.807, 2.05) is 0 Å². The quantitative estimate of drug-likeness (QED) is 0.644. The van der Waals surface area contributed by atoms with Gasteiger partial charge in [0, 0.05) is 5.56 Å². The lowest BCUT2D eigenvalue weighted by atomic mass is 10.1. The van der Waals surface area contributed by atoms with Crippen LogP contribution in [0.3, 0.4) is 0 Å². The minimum atomic E-state index is -0.546. The Kier molecular flexibility index (Phi) is 6.63. The molecule has 1 rings (SSSR count). The second-order valence-corrected chi connectivity index (χ2v) is 5.73. The van der Waals surface area contributed by atoms with E-state index in [0.29, 0.717) is 11.3 Å². The van der Waals surface area contributed by atoms with Crippen LogP contribution in [0, 0.1) is 0 Å². The molecule has 6 nitrogen and oxygen atoms in total. The lowest BCUT2D eigenvalue weighted by molar-refractivity contribution is 0.0519. The number of benzene rings is 1. The smallest absolute Gasteiger partial charge is 0.407 e. The highest BCUT2D eigenvalue weighted by atomic mass is 16.6. The Hall–Kier alpha value is -2.50. The number of rotatable bonds is 6. The fraction of sp³-hybridized carbons (Fsp3) is 0.412. The lowest BCUT2D eigenvalue weighted by Crippen LogP contribution is -2.34. The van der Waals surface area contributed by atoms with Gasteiger partial charge in [-0.25, -0.2) is 9.59 Å². The molecule has 0 atom stereocenters. The number of nitrogens with one attached hydrogen (secondary N) is 1. The highest BCUT2D eigenvalue weighted by Crippen LogP contribution is 2.22. The summed E-state index contributed by atoms with van der Waals surface area (Å²) in [7, 11) is 1.31. The van der Waals surface area contributed by atoms with Crippen LogP contribution >= 0.6 is 0 Å². The summed E-state index contributed by atoms with van der Waals surface area (Å²) < 4.78 is 15.4. The van der Waals surface area contributed by atoms with Crippen molar-refractivity contribution >= 4 is 18.1 Å². The van der Waals surface area contributed by atoms with E-state index in [1.165, 1.54) is 7.11 Å². The number of methoxy groups -OCH3 is 1. The van der Waals surface area contributed by atoms with E-state index < -0.39 is 17.7 Å². The molecular weight excluding hydrogens is 298 g/mol. The fourth-order valence-corrected chi connectivity index (χ4v) is 1.70. The molecule has 1 aromatic rings. The number of hydrogen-bond donors (Lipinski definition) is 1. The number of carbonyl (C=O) groups excluding carboxylic acids is 2. The number of alkyl carbamates (subject to hydrolysis) is 1. The second kappa shape index (κ2) is 8.22. The minimum absolute atomic E-state index is 0.227. The van der Waals surface area contributed by atoms with Crippen molar-refractivity contribution in [3.8, 4) is 5.75 Å². The molecule has 0 aromatic heterocycles. The molecule has 0 aliphatic rings. The number of amides is 1. The summed E-state index contributed by atoms with van der Waals surface area (Å²) in [6.45, 7) is 9.56. The number of carbonyl (C=O) groups is 2. The van der Waals surface area contributed by atoms with Crippen LogP contribution in [0.15, 0.2) is 24.8 Å². The molecule has 0 saturated heterocycles. The normalized spacial score (nSPS) is 10.6. The molecule has 0 unspecified atom stereocenters. The Morgan fingerprint density at radius 3 is 2.57 bits per heavy atom. The predicted octanol–water partition coefficient (Wildman–Crippen LogP) is 3.02. The Morgan fingerprint density at radius 1 is 1.30 bits per heavy atom. The van der Waals surface area contributed by atoms with Crippen molar-refractivity contribution in [2.45, 2.75) is 26.4 Å². The topological polar surface area (TPSA) is 73.9 Å². The maximum Gasteiger partial charge on any atom is 0.407 e. The molecule has 0 radical (unpaired) electrons. The molecule has 0 saturated carbocycles. The van der Waals surface area contributed by atoms with E-state index in [1.54, 1.807) is 45.0 Å². The number of hydrogen-bond acceptors (Lipinski definition) is 5. The van der Waals surface area contributed by atoms with Crippen LogP contribution in [0.5, 0.6) is 5.75 Å². The average molecular weight is 321 g/mol. The van der Waals surface area contributed by atoms with Gasteiger partial charge < -0.3 is 19.5 Å². The molecule has 0 bridgehead atoms. The van der Waals surface area contributed by atoms with E-state index in [2.05, 4.69) is 16.6 Å². The Labute approximate surface area is 136 Å². The third-order valence-corrected chi connectivity index (χ3v) is 2.68. The molecule has 0 spiro atoms. The van der Waals surface area contributed by atoms with Crippen molar-refractivity contribution in [3.05, 3.63) is 35.9 Å². The third kappa shape index (κ3) is 6.42. The lowest BCUT2D eigenvalue weighted by Gasteiger charge is -2.19. The van der Waals surface area contributed by atoms with Crippen molar-refractivity contribution in [2.75, 3.05) is 20.3 Å². The number of esters is 1. The maximum absolute atomic E-state index is 11.5. The monoisotopic (exact) mass is 321 g/mol. The van der Waals surface area contributed by atoms with Crippen LogP contribution in [0.1, 0.15) is 36.7 Å². The van der Waals surface area contributed by atoms with Crippen LogP contribution in [-0.2, 0) is 9.47 Å². The van der Waals surface area contributed by atoms with Gasteiger partial charge in [-0.2, -0.15) is 0 Å². The molecule has 1 aromatic carbocycles. The summed E-state index contributed by atoms with van der Waals surface area (Å²) in [5.74, 6) is 0.0474. The van der Waals surface area contributed by atoms with Crippen LogP contribution in [0.2, 0.25) is 0 Å². The first-order chi connectivity index (χ1) is 10.8. The van der Waals surface area contributed by atoms with Gasteiger partial charge in [-0.15, -0.1) is 0 Å². The summed E-state index contributed by atoms with van der Waals surface area (Å²) in [5, 5.41) is 2.59. The van der Waals surface area contributed by atoms with Gasteiger partial charge in [-0.3, -0.25) is 0 Å². The molecule has 0 fully saturated rings. The standard InChI is InChI=1S/C17H23NO5/c1-6-12-7-8-13(15(19)21-5)11-14(12)22-10-9-18-16(20)23-17(2,3)4/h6-8,11H,1,9-10H2,2-5H3,(H,18,20). The molecule has 1 N–H and O–H groups in total. The van der Waals surface area contributed by atoms with Gasteiger partial charge in [0.1, 0.15) is 18.0 Å². The summed E-state index contributed by atoms with van der Waals surface area (Å²) in [4.78, 5) is 23.0. The van der Waals surface area contributed by atoms with E-state index in [-0.39, 0.29) is 13.2 Å². The Balaban J connectivity index is 2.58. The highest BCUT2D eigenvalue weighted by Gasteiger charge is 2.15. The molecule has 126 valence electrons. The largest absolute Gasteiger partial charge is 0.491 e. The molecular formula is C17H23NO5. The Bertz CT molecular complexity index is 575. The first kappa shape index (κ1) is 18.5. The first-order valence-corrected chi connectivity index (χ1v) is 7.21. The van der Waals surface area contributed by atoms with Crippen LogP contribution < -0.4 is 10.1 Å². The van der Waals surface area contributed by atoms with Crippen molar-refractivity contribution in [1.82, 2.24) is 5.32 Å². The third-order valence-electron chi connectivity index (χ3n) is 2.68. The fourth-order valence-electron chi connectivity index (χ4n) is 1.70. The summed E-state index contributed by atoms with van der Waals surface area (Å²) >= 11 is 0. The number of ether oxygens (including phenoxy) is 3. The maximum atomic E-state index is 11.5. The van der Waals surface area contributed by atoms with Crippen LogP contribution in [0.4, 0.5) is 4.79 Å². The van der Waals surface area contributed by atoms with Gasteiger partial charge in [0.2, 0.25) is 0 Å². The van der Waals surface area contributed by atoms with E-state index in [0.717, 1.165) is 5.56 Å². The average Bonchev–Trinajstić information content (AvgIpc) is 2.48. The van der Waals surface area contributed by atoms with Crippen LogP contribution in [-0.4, -0.2) is 37.9 Å². The van der Waals surface area contributed by atoms with E-state index >= 15 is 0 Å². The van der Waals surface area contributed by atoms with Crippen LogP contribution in [0.25, 0.3) is 6.08 Å². The minimum Gasteiger partial charge on any atom is -0.491 e. The molecule has 0 heterocycles. The zero-order valence-corrected chi connectivity index (χ0v) is 14.0. The summed E-state index contributed by atoms with van der Waals surface area (Å²) in [5.41, 5.74) is 0.582. The SMILES string of the molecule is C=Cc1ccc(C(=O)OC)cc1OCCNC(=O)OC(C)(C)C. The van der Waals surface area contributed by atoms with E-state index in [9.17, 15) is 9.59 Å². The molecule has 0 aliphatic heterocycles. The molecule has 0 aliphatic carbocycles. The molecule has 1 amide bonds.